The molecule has 0 unspecified atom stereocenters. The molecule has 3 aromatic rings. The molecule has 0 fully saturated rings. The Morgan fingerprint density at radius 1 is 1.06 bits per heavy atom. The summed E-state index contributed by atoms with van der Waals surface area (Å²) in [6.07, 6.45) is 2.58. The van der Waals surface area contributed by atoms with Crippen LogP contribution in [0, 0.1) is 6.92 Å². The summed E-state index contributed by atoms with van der Waals surface area (Å²) in [5.41, 5.74) is 5.23. The Morgan fingerprint density at radius 3 is 2.48 bits per heavy atom. The number of amides is 1. The molecule has 2 aromatic carbocycles. The summed E-state index contributed by atoms with van der Waals surface area (Å²) >= 11 is 0. The first kappa shape index (κ1) is 22.8. The van der Waals surface area contributed by atoms with Crippen LogP contribution < -0.4 is 0 Å². The summed E-state index contributed by atoms with van der Waals surface area (Å²) in [6.45, 7) is 5.41. The minimum Gasteiger partial charge on any atom is -0.462 e. The van der Waals surface area contributed by atoms with Gasteiger partial charge in [-0.1, -0.05) is 36.4 Å². The van der Waals surface area contributed by atoms with Crippen molar-refractivity contribution in [2.24, 2.45) is 0 Å². The Balaban J connectivity index is 1.72. The maximum absolute atomic E-state index is 14.0. The van der Waals surface area contributed by atoms with Gasteiger partial charge in [0.15, 0.2) is 0 Å². The van der Waals surface area contributed by atoms with Crippen molar-refractivity contribution < 1.29 is 14.3 Å². The Labute approximate surface area is 195 Å². The third kappa shape index (κ3) is 4.71. The number of hydrogen-bond donors (Lipinski definition) is 0. The minimum absolute atomic E-state index is 0.00209. The molecule has 2 heterocycles. The minimum atomic E-state index is -0.359. The number of ether oxygens (including phenoxy) is 1. The molecular weight excluding hydrogens is 414 g/mol. The van der Waals surface area contributed by atoms with E-state index in [0.717, 1.165) is 24.3 Å². The average molecular weight is 446 g/mol. The van der Waals surface area contributed by atoms with Gasteiger partial charge in [0.25, 0.3) is 5.91 Å². The van der Waals surface area contributed by atoms with E-state index in [1.54, 1.807) is 19.2 Å². The molecule has 0 saturated carbocycles. The number of fused-ring (bicyclic) bond motifs is 1. The molecule has 0 aliphatic carbocycles. The van der Waals surface area contributed by atoms with Crippen LogP contribution in [0.3, 0.4) is 0 Å². The first-order chi connectivity index (χ1) is 15.9. The van der Waals surface area contributed by atoms with Gasteiger partial charge in [0.05, 0.1) is 23.4 Å². The first-order valence-electron chi connectivity index (χ1n) is 11.4. The Kier molecular flexibility index (Phi) is 6.65. The summed E-state index contributed by atoms with van der Waals surface area (Å²) in [4.78, 5) is 30.3. The zero-order chi connectivity index (χ0) is 23.5. The zero-order valence-electron chi connectivity index (χ0n) is 19.7. The Hall–Kier alpha value is -3.38. The molecular formula is C27H31N3O3. The van der Waals surface area contributed by atoms with Gasteiger partial charge < -0.3 is 19.1 Å². The lowest BCUT2D eigenvalue weighted by Crippen LogP contribution is -2.49. The summed E-state index contributed by atoms with van der Waals surface area (Å²) in [5.74, 6) is -0.362. The zero-order valence-corrected chi connectivity index (χ0v) is 19.7. The summed E-state index contributed by atoms with van der Waals surface area (Å²) in [6, 6.07) is 17.8. The largest absolute Gasteiger partial charge is 0.462 e. The standard InChI is InChI=1S/C27H31N3O3/c1-5-33-27(32)22-14-19(2)29(17-22)25-13-9-8-12-24(25)26(31)30-16-21-11-7-6-10-20(21)15-23(30)18-28(3)4/h6-14,17,23H,5,15-16,18H2,1-4H3/t23-/m0/s1. The lowest BCUT2D eigenvalue weighted by molar-refractivity contribution is 0.0525. The van der Waals surface area contributed by atoms with E-state index in [2.05, 4.69) is 23.1 Å². The number of aromatic nitrogens is 1. The Bertz CT molecular complexity index is 1160. The van der Waals surface area contributed by atoms with Crippen molar-refractivity contribution in [1.29, 1.82) is 0 Å². The van der Waals surface area contributed by atoms with Gasteiger partial charge in [-0.05, 0) is 63.7 Å². The number of carbonyl (C=O) groups is 2. The fourth-order valence-electron chi connectivity index (χ4n) is 4.59. The van der Waals surface area contributed by atoms with Gasteiger partial charge in [-0.2, -0.15) is 0 Å². The predicted octanol–water partition coefficient (Wildman–Crippen LogP) is 4.09. The van der Waals surface area contributed by atoms with Crippen LogP contribution in [0.2, 0.25) is 0 Å². The molecule has 172 valence electrons. The van der Waals surface area contributed by atoms with Crippen molar-refractivity contribution in [3.63, 3.8) is 0 Å². The lowest BCUT2D eigenvalue weighted by atomic mass is 9.93. The molecule has 0 saturated heterocycles. The van der Waals surface area contributed by atoms with Gasteiger partial charge in [-0.25, -0.2) is 4.79 Å². The molecule has 1 amide bonds. The highest BCUT2D eigenvalue weighted by Gasteiger charge is 2.32. The molecule has 0 radical (unpaired) electrons. The molecule has 0 bridgehead atoms. The van der Waals surface area contributed by atoms with Crippen LogP contribution in [0.1, 0.15) is 44.5 Å². The van der Waals surface area contributed by atoms with E-state index < -0.39 is 0 Å². The molecule has 0 spiro atoms. The Morgan fingerprint density at radius 2 is 1.76 bits per heavy atom. The number of esters is 1. The lowest BCUT2D eigenvalue weighted by Gasteiger charge is -2.38. The van der Waals surface area contributed by atoms with Crippen molar-refractivity contribution in [2.45, 2.75) is 32.9 Å². The number of hydrogen-bond acceptors (Lipinski definition) is 4. The third-order valence-corrected chi connectivity index (χ3v) is 6.11. The number of nitrogens with zero attached hydrogens (tertiary/aromatic N) is 3. The van der Waals surface area contributed by atoms with Crippen molar-refractivity contribution in [2.75, 3.05) is 27.2 Å². The highest BCUT2D eigenvalue weighted by Crippen LogP contribution is 2.28. The average Bonchev–Trinajstić information content (AvgIpc) is 3.19. The van der Waals surface area contributed by atoms with Crippen LogP contribution in [-0.2, 0) is 17.7 Å². The highest BCUT2D eigenvalue weighted by atomic mass is 16.5. The smallest absolute Gasteiger partial charge is 0.339 e. The number of aryl methyl sites for hydroxylation is 1. The normalized spacial score (nSPS) is 15.4. The molecule has 0 N–H and O–H groups in total. The van der Waals surface area contributed by atoms with E-state index in [0.29, 0.717) is 24.3 Å². The number of likely N-dealkylation sites (N-methyl/N-ethyl adjacent to an activating group) is 1. The maximum Gasteiger partial charge on any atom is 0.339 e. The van der Waals surface area contributed by atoms with Crippen LogP contribution in [0.5, 0.6) is 0 Å². The second-order valence-electron chi connectivity index (χ2n) is 8.80. The van der Waals surface area contributed by atoms with Crippen molar-refractivity contribution in [3.8, 4) is 5.69 Å². The quantitative estimate of drug-likeness (QED) is 0.537. The third-order valence-electron chi connectivity index (χ3n) is 6.11. The summed E-state index contributed by atoms with van der Waals surface area (Å²) < 4.78 is 7.06. The number of carbonyl (C=O) groups excluding carboxylic acids is 2. The number of benzene rings is 2. The van der Waals surface area contributed by atoms with Crippen molar-refractivity contribution in [3.05, 3.63) is 88.7 Å². The summed E-state index contributed by atoms with van der Waals surface area (Å²) in [7, 11) is 4.08. The van der Waals surface area contributed by atoms with E-state index in [4.69, 9.17) is 4.74 Å². The number of rotatable bonds is 6. The van der Waals surface area contributed by atoms with Gasteiger partial charge in [-0.15, -0.1) is 0 Å². The fraction of sp³-hybridized carbons (Fsp3) is 0.333. The fourth-order valence-corrected chi connectivity index (χ4v) is 4.59. The molecule has 33 heavy (non-hydrogen) atoms. The van der Waals surface area contributed by atoms with Crippen LogP contribution in [0.4, 0.5) is 0 Å². The van der Waals surface area contributed by atoms with E-state index >= 15 is 0 Å². The van der Waals surface area contributed by atoms with Crippen LogP contribution in [0.15, 0.2) is 60.8 Å². The summed E-state index contributed by atoms with van der Waals surface area (Å²) in [5, 5.41) is 0. The van der Waals surface area contributed by atoms with E-state index in [1.165, 1.54) is 11.1 Å². The van der Waals surface area contributed by atoms with Crippen LogP contribution in [0.25, 0.3) is 5.69 Å². The van der Waals surface area contributed by atoms with Crippen LogP contribution >= 0.6 is 0 Å². The molecule has 1 aromatic heterocycles. The molecule has 1 aliphatic rings. The van der Waals surface area contributed by atoms with E-state index in [9.17, 15) is 9.59 Å². The SMILES string of the molecule is CCOC(=O)c1cc(C)n(-c2ccccc2C(=O)N2Cc3ccccc3C[C@H]2CN(C)C)c1. The molecule has 1 atom stereocenters. The monoisotopic (exact) mass is 445 g/mol. The van der Waals surface area contributed by atoms with Crippen molar-refractivity contribution in [1.82, 2.24) is 14.4 Å². The highest BCUT2D eigenvalue weighted by molar-refractivity contribution is 5.98. The van der Waals surface area contributed by atoms with Gasteiger partial charge in [0.1, 0.15) is 0 Å². The predicted molar refractivity (Wildman–Crippen MR) is 129 cm³/mol. The van der Waals surface area contributed by atoms with Gasteiger partial charge in [0, 0.05) is 31.0 Å². The molecule has 6 heteroatoms. The van der Waals surface area contributed by atoms with Gasteiger partial charge in [-0.3, -0.25) is 4.79 Å². The first-order valence-corrected chi connectivity index (χ1v) is 11.4. The topological polar surface area (TPSA) is 54.8 Å². The van der Waals surface area contributed by atoms with Gasteiger partial charge >= 0.3 is 5.97 Å². The molecule has 1 aliphatic heterocycles. The van der Waals surface area contributed by atoms with Crippen LogP contribution in [-0.4, -0.2) is 59.5 Å². The van der Waals surface area contributed by atoms with Gasteiger partial charge in [0.2, 0.25) is 0 Å². The van der Waals surface area contributed by atoms with E-state index in [-0.39, 0.29) is 17.9 Å². The molecule has 6 nitrogen and oxygen atoms in total. The molecule has 4 rings (SSSR count). The maximum atomic E-state index is 14.0. The second-order valence-corrected chi connectivity index (χ2v) is 8.80. The second kappa shape index (κ2) is 9.63. The van der Waals surface area contributed by atoms with E-state index in [1.807, 2.05) is 60.8 Å². The van der Waals surface area contributed by atoms with Crippen molar-refractivity contribution >= 4 is 11.9 Å². The number of para-hydroxylation sites is 1.